The summed E-state index contributed by atoms with van der Waals surface area (Å²) in [6.07, 6.45) is 6.60. The van der Waals surface area contributed by atoms with Crippen molar-refractivity contribution in [3.63, 3.8) is 0 Å². The zero-order valence-corrected chi connectivity index (χ0v) is 8.16. The van der Waals surface area contributed by atoms with E-state index in [0.29, 0.717) is 0 Å². The molecule has 0 aromatic carbocycles. The first kappa shape index (κ1) is 7.81. The first-order valence-electron chi connectivity index (χ1n) is 4.11. The van der Waals surface area contributed by atoms with Gasteiger partial charge in [0.25, 0.3) is 0 Å². The average Bonchev–Trinajstić information content (AvgIpc) is 2.59. The Morgan fingerprint density at radius 3 is 2.75 bits per heavy atom. The van der Waals surface area contributed by atoms with Crippen LogP contribution in [0, 0.1) is 13.0 Å². The predicted molar refractivity (Wildman–Crippen MR) is 54.1 cm³/mol. The summed E-state index contributed by atoms with van der Waals surface area (Å²) in [6, 6.07) is 2.17. The number of thiophene rings is 1. The first-order valence-corrected chi connectivity index (χ1v) is 4.99. The van der Waals surface area contributed by atoms with Gasteiger partial charge in [0, 0.05) is 4.88 Å². The predicted octanol–water partition coefficient (Wildman–Crippen LogP) is 3.59. The second-order valence-corrected chi connectivity index (χ2v) is 3.99. The zero-order chi connectivity index (χ0) is 8.55. The minimum Gasteiger partial charge on any atom is -0.144 e. The molecule has 0 bridgehead atoms. The van der Waals surface area contributed by atoms with E-state index in [4.69, 9.17) is 0 Å². The van der Waals surface area contributed by atoms with Crippen molar-refractivity contribution in [2.24, 2.45) is 0 Å². The minimum atomic E-state index is 0.985. The van der Waals surface area contributed by atoms with Crippen molar-refractivity contribution in [2.75, 3.05) is 0 Å². The highest BCUT2D eigenvalue weighted by atomic mass is 32.1. The Hall–Kier alpha value is -0.820. The lowest BCUT2D eigenvalue weighted by Crippen LogP contribution is -1.80. The molecule has 1 radical (unpaired) electrons. The summed E-state index contributed by atoms with van der Waals surface area (Å²) in [4.78, 5) is 1.39. The molecule has 0 nitrogen and oxygen atoms in total. The first-order chi connectivity index (χ1) is 5.79. The van der Waals surface area contributed by atoms with Crippen molar-refractivity contribution in [3.05, 3.63) is 39.6 Å². The van der Waals surface area contributed by atoms with Crippen LogP contribution < -0.4 is 0 Å². The minimum absolute atomic E-state index is 0.985. The third-order valence-electron chi connectivity index (χ3n) is 2.17. The van der Waals surface area contributed by atoms with Gasteiger partial charge in [-0.05, 0) is 54.5 Å². The second kappa shape index (κ2) is 2.91. The molecular weight excluding hydrogens is 164 g/mol. The topological polar surface area (TPSA) is 0 Å². The fourth-order valence-electron chi connectivity index (χ4n) is 1.44. The van der Waals surface area contributed by atoms with E-state index in [1.54, 1.807) is 0 Å². The summed E-state index contributed by atoms with van der Waals surface area (Å²) in [5.74, 6) is 0. The van der Waals surface area contributed by atoms with Crippen LogP contribution in [0.1, 0.15) is 23.8 Å². The van der Waals surface area contributed by atoms with Gasteiger partial charge in [-0.15, -0.1) is 11.3 Å². The molecular formula is C11H11S. The van der Waals surface area contributed by atoms with Crippen molar-refractivity contribution in [3.8, 4) is 0 Å². The number of aryl methyl sites for hydroxylation is 1. The highest BCUT2D eigenvalue weighted by Crippen LogP contribution is 2.33. The summed E-state index contributed by atoms with van der Waals surface area (Å²) >= 11 is 1.81. The van der Waals surface area contributed by atoms with Crippen molar-refractivity contribution >= 4 is 16.9 Å². The van der Waals surface area contributed by atoms with Gasteiger partial charge in [-0.2, -0.15) is 0 Å². The van der Waals surface area contributed by atoms with Crippen molar-refractivity contribution < 1.29 is 0 Å². The molecule has 1 heteroatoms. The lowest BCUT2D eigenvalue weighted by Gasteiger charge is -2.01. The number of allylic oxidation sites excluding steroid dienone is 4. The normalized spacial score (nSPS) is 16.2. The third-order valence-corrected chi connectivity index (χ3v) is 3.20. The molecule has 2 rings (SSSR count). The Labute approximate surface area is 77.2 Å². The Kier molecular flexibility index (Phi) is 1.89. The summed E-state index contributed by atoms with van der Waals surface area (Å²) in [7, 11) is 0. The van der Waals surface area contributed by atoms with Gasteiger partial charge in [0.05, 0.1) is 0 Å². The maximum atomic E-state index is 3.38. The largest absolute Gasteiger partial charge is 0.144 e. The van der Waals surface area contributed by atoms with E-state index in [2.05, 4.69) is 37.4 Å². The summed E-state index contributed by atoms with van der Waals surface area (Å²) < 4.78 is 0. The maximum Gasteiger partial charge on any atom is 0.0377 e. The molecule has 0 saturated heterocycles. The fraction of sp³-hybridized carbons (Fsp3) is 0.273. The van der Waals surface area contributed by atoms with E-state index in [9.17, 15) is 0 Å². The van der Waals surface area contributed by atoms with Gasteiger partial charge in [0.2, 0.25) is 0 Å². The third kappa shape index (κ3) is 1.14. The van der Waals surface area contributed by atoms with Crippen LogP contribution in [0.3, 0.4) is 0 Å². The van der Waals surface area contributed by atoms with Gasteiger partial charge < -0.3 is 0 Å². The van der Waals surface area contributed by atoms with E-state index in [1.165, 1.54) is 21.6 Å². The molecule has 0 aliphatic heterocycles. The van der Waals surface area contributed by atoms with Crippen molar-refractivity contribution in [1.82, 2.24) is 0 Å². The molecule has 61 valence electrons. The molecule has 0 spiro atoms. The SMILES string of the molecule is CC1=CC[C]=C1c1sccc1C. The Morgan fingerprint density at radius 1 is 1.42 bits per heavy atom. The van der Waals surface area contributed by atoms with Crippen LogP contribution in [-0.4, -0.2) is 0 Å². The van der Waals surface area contributed by atoms with E-state index in [1.807, 2.05) is 11.3 Å². The van der Waals surface area contributed by atoms with Gasteiger partial charge in [-0.1, -0.05) is 6.08 Å². The molecule has 0 amide bonds. The molecule has 1 heterocycles. The summed E-state index contributed by atoms with van der Waals surface area (Å²) in [5.41, 5.74) is 4.07. The Balaban J connectivity index is 2.44. The van der Waals surface area contributed by atoms with Gasteiger partial charge in [-0.3, -0.25) is 0 Å². The molecule has 0 atom stereocenters. The van der Waals surface area contributed by atoms with E-state index < -0.39 is 0 Å². The Morgan fingerprint density at radius 2 is 2.25 bits per heavy atom. The van der Waals surface area contributed by atoms with Gasteiger partial charge >= 0.3 is 0 Å². The lowest BCUT2D eigenvalue weighted by atomic mass is 10.1. The standard InChI is InChI=1S/C11H11S/c1-8-4-3-5-10(8)11-9(2)6-7-12-11/h4,6-7H,3H2,1-2H3. The van der Waals surface area contributed by atoms with Crippen molar-refractivity contribution in [2.45, 2.75) is 20.3 Å². The van der Waals surface area contributed by atoms with Gasteiger partial charge in [-0.25, -0.2) is 0 Å². The van der Waals surface area contributed by atoms with Crippen LogP contribution in [-0.2, 0) is 0 Å². The highest BCUT2D eigenvalue weighted by molar-refractivity contribution is 7.11. The zero-order valence-electron chi connectivity index (χ0n) is 7.35. The molecule has 1 aliphatic carbocycles. The van der Waals surface area contributed by atoms with E-state index in [-0.39, 0.29) is 0 Å². The summed E-state index contributed by atoms with van der Waals surface area (Å²) in [6.45, 7) is 4.32. The molecule has 0 fully saturated rings. The van der Waals surface area contributed by atoms with Crippen molar-refractivity contribution in [1.29, 1.82) is 0 Å². The quantitative estimate of drug-likeness (QED) is 0.612. The molecule has 1 aromatic rings. The van der Waals surface area contributed by atoms with E-state index >= 15 is 0 Å². The highest BCUT2D eigenvalue weighted by Gasteiger charge is 2.11. The van der Waals surface area contributed by atoms with Crippen LogP contribution in [0.4, 0.5) is 0 Å². The van der Waals surface area contributed by atoms with Crippen LogP contribution >= 0.6 is 11.3 Å². The summed E-state index contributed by atoms with van der Waals surface area (Å²) in [5, 5.41) is 2.14. The molecule has 0 unspecified atom stereocenters. The lowest BCUT2D eigenvalue weighted by molar-refractivity contribution is 1.38. The molecule has 0 N–H and O–H groups in total. The van der Waals surface area contributed by atoms with E-state index in [0.717, 1.165) is 6.42 Å². The molecule has 12 heavy (non-hydrogen) atoms. The fourth-order valence-corrected chi connectivity index (χ4v) is 2.45. The Bertz CT molecular complexity index is 353. The molecule has 0 saturated carbocycles. The van der Waals surface area contributed by atoms with Crippen LogP contribution in [0.15, 0.2) is 23.1 Å². The average molecular weight is 175 g/mol. The van der Waals surface area contributed by atoms with Gasteiger partial charge in [0.15, 0.2) is 0 Å². The smallest absolute Gasteiger partial charge is 0.0377 e. The van der Waals surface area contributed by atoms with Crippen LogP contribution in [0.25, 0.3) is 5.57 Å². The number of rotatable bonds is 1. The second-order valence-electron chi connectivity index (χ2n) is 3.08. The maximum absolute atomic E-state index is 3.38. The van der Waals surface area contributed by atoms with Gasteiger partial charge in [0.1, 0.15) is 0 Å². The molecule has 1 aromatic heterocycles. The van der Waals surface area contributed by atoms with Crippen LogP contribution in [0.5, 0.6) is 0 Å². The monoisotopic (exact) mass is 175 g/mol. The number of hydrogen-bond donors (Lipinski definition) is 0. The number of hydrogen-bond acceptors (Lipinski definition) is 1. The molecule has 1 aliphatic rings. The van der Waals surface area contributed by atoms with Crippen LogP contribution in [0.2, 0.25) is 0 Å².